The van der Waals surface area contributed by atoms with Crippen molar-refractivity contribution in [2.45, 2.75) is 51.1 Å². The molecule has 0 aliphatic heterocycles. The Morgan fingerprint density at radius 3 is 2.04 bits per heavy atom. The lowest BCUT2D eigenvalue weighted by atomic mass is 9.78. The summed E-state index contributed by atoms with van der Waals surface area (Å²) in [6.45, 7) is 2.13. The van der Waals surface area contributed by atoms with Gasteiger partial charge in [-0.15, -0.1) is 0 Å². The van der Waals surface area contributed by atoms with Crippen LogP contribution in [0.3, 0.4) is 0 Å². The molecule has 0 unspecified atom stereocenters. The average molecular weight is 402 g/mol. The van der Waals surface area contributed by atoms with E-state index in [4.69, 9.17) is 0 Å². The zero-order chi connectivity index (χ0) is 20.5. The second-order valence-corrected chi connectivity index (χ2v) is 7.18. The van der Waals surface area contributed by atoms with E-state index in [-0.39, 0.29) is 18.1 Å². The average Bonchev–Trinajstić information content (AvgIpc) is 2.65. The minimum absolute atomic E-state index is 0.112. The normalized spacial score (nSPS) is 20.2. The summed E-state index contributed by atoms with van der Waals surface area (Å²) in [6, 6.07) is 3.98. The van der Waals surface area contributed by atoms with Gasteiger partial charge in [0.15, 0.2) is 17.5 Å². The quantitative estimate of drug-likeness (QED) is 0.384. The molecule has 0 N–H and O–H groups in total. The van der Waals surface area contributed by atoms with Gasteiger partial charge in [-0.2, -0.15) is 8.78 Å². The van der Waals surface area contributed by atoms with Gasteiger partial charge in [-0.3, -0.25) is 0 Å². The van der Waals surface area contributed by atoms with Gasteiger partial charge < -0.3 is 4.74 Å². The van der Waals surface area contributed by atoms with Crippen LogP contribution in [0.25, 0.3) is 0 Å². The third-order valence-corrected chi connectivity index (χ3v) is 5.41. The molecule has 0 bridgehead atoms. The van der Waals surface area contributed by atoms with Gasteiger partial charge in [-0.05, 0) is 55.2 Å². The summed E-state index contributed by atoms with van der Waals surface area (Å²) in [7, 11) is 0. The van der Waals surface area contributed by atoms with E-state index in [0.29, 0.717) is 11.5 Å². The highest BCUT2D eigenvalue weighted by molar-refractivity contribution is 5.31. The first kappa shape index (κ1) is 20.6. The molecule has 0 aromatic heterocycles. The molecule has 0 atom stereocenters. The van der Waals surface area contributed by atoms with Crippen molar-refractivity contribution in [3.63, 3.8) is 0 Å². The van der Waals surface area contributed by atoms with Gasteiger partial charge in [0, 0.05) is 12.1 Å². The van der Waals surface area contributed by atoms with Crippen LogP contribution in [0.1, 0.15) is 56.1 Å². The van der Waals surface area contributed by atoms with Crippen LogP contribution in [0, 0.1) is 29.2 Å². The Morgan fingerprint density at radius 1 is 0.893 bits per heavy atom. The Morgan fingerprint density at radius 2 is 1.50 bits per heavy atom. The third kappa shape index (κ3) is 4.28. The number of benzene rings is 2. The Hall–Kier alpha value is -2.18. The van der Waals surface area contributed by atoms with Crippen LogP contribution in [0.15, 0.2) is 30.3 Å². The van der Waals surface area contributed by atoms with Crippen molar-refractivity contribution < 1.29 is 31.1 Å². The Balaban J connectivity index is 1.79. The maximum Gasteiger partial charge on any atom is 0.429 e. The molecule has 28 heavy (non-hydrogen) atoms. The summed E-state index contributed by atoms with van der Waals surface area (Å²) >= 11 is 0. The van der Waals surface area contributed by atoms with Crippen molar-refractivity contribution >= 4 is 0 Å². The maximum atomic E-state index is 14.4. The molecule has 7 heteroatoms. The maximum absolute atomic E-state index is 14.4. The van der Waals surface area contributed by atoms with Gasteiger partial charge in [-0.25, -0.2) is 17.6 Å². The fourth-order valence-corrected chi connectivity index (χ4v) is 3.72. The molecule has 1 saturated carbocycles. The van der Waals surface area contributed by atoms with Crippen LogP contribution in [0.4, 0.5) is 26.3 Å². The Labute approximate surface area is 159 Å². The van der Waals surface area contributed by atoms with Gasteiger partial charge in [-0.1, -0.05) is 19.4 Å². The lowest BCUT2D eigenvalue weighted by Gasteiger charge is -2.28. The van der Waals surface area contributed by atoms with E-state index in [9.17, 15) is 26.3 Å². The molecule has 0 amide bonds. The zero-order valence-corrected chi connectivity index (χ0v) is 15.3. The van der Waals surface area contributed by atoms with Crippen molar-refractivity contribution in [1.29, 1.82) is 0 Å². The molecular formula is C21H20F6O. The van der Waals surface area contributed by atoms with Crippen molar-refractivity contribution in [2.24, 2.45) is 5.92 Å². The molecule has 2 aromatic carbocycles. The standard InChI is InChI=1S/C21H20F6O/c1-2-12-3-5-13(6-4-12)14-7-8-16(17(22)9-14)21(26,27)28-15-10-18(23)20(25)19(24)11-15/h7-13H,2-6H2,1H3/t12-,13-. The molecule has 3 rings (SSSR count). The lowest BCUT2D eigenvalue weighted by Crippen LogP contribution is -2.24. The van der Waals surface area contributed by atoms with Gasteiger partial charge in [0.05, 0.1) is 5.56 Å². The highest BCUT2D eigenvalue weighted by Gasteiger charge is 2.38. The molecule has 1 fully saturated rings. The zero-order valence-electron chi connectivity index (χ0n) is 15.3. The molecule has 0 radical (unpaired) electrons. The molecule has 0 spiro atoms. The van der Waals surface area contributed by atoms with Crippen LogP contribution >= 0.6 is 0 Å². The van der Waals surface area contributed by atoms with Crippen molar-refractivity contribution in [2.75, 3.05) is 0 Å². The number of ether oxygens (including phenoxy) is 1. The third-order valence-electron chi connectivity index (χ3n) is 5.41. The summed E-state index contributed by atoms with van der Waals surface area (Å²) in [5.74, 6) is -6.50. The number of rotatable bonds is 5. The van der Waals surface area contributed by atoms with Gasteiger partial charge in [0.2, 0.25) is 0 Å². The first-order chi connectivity index (χ1) is 13.2. The molecule has 2 aromatic rings. The van der Waals surface area contributed by atoms with E-state index in [2.05, 4.69) is 11.7 Å². The van der Waals surface area contributed by atoms with Crippen molar-refractivity contribution in [3.8, 4) is 5.75 Å². The Bertz CT molecular complexity index is 820. The largest absolute Gasteiger partial charge is 0.429 e. The molecule has 1 aliphatic carbocycles. The number of hydrogen-bond acceptors (Lipinski definition) is 1. The predicted molar refractivity (Wildman–Crippen MR) is 92.2 cm³/mol. The summed E-state index contributed by atoms with van der Waals surface area (Å²) < 4.78 is 86.7. The van der Waals surface area contributed by atoms with E-state index < -0.39 is 40.7 Å². The van der Waals surface area contributed by atoms with Crippen LogP contribution in [-0.2, 0) is 6.11 Å². The molecule has 152 valence electrons. The van der Waals surface area contributed by atoms with Crippen LogP contribution in [-0.4, -0.2) is 0 Å². The van der Waals surface area contributed by atoms with E-state index in [0.717, 1.165) is 44.2 Å². The first-order valence-electron chi connectivity index (χ1n) is 9.22. The Kier molecular flexibility index (Phi) is 5.91. The smallest absolute Gasteiger partial charge is 0.429 e. The van der Waals surface area contributed by atoms with Gasteiger partial charge in [0.1, 0.15) is 11.6 Å². The van der Waals surface area contributed by atoms with E-state index in [1.54, 1.807) is 0 Å². The predicted octanol–water partition coefficient (Wildman–Crippen LogP) is 7.06. The molecule has 1 aliphatic rings. The first-order valence-corrected chi connectivity index (χ1v) is 9.22. The number of alkyl halides is 2. The van der Waals surface area contributed by atoms with E-state index in [1.807, 2.05) is 0 Å². The van der Waals surface area contributed by atoms with Crippen LogP contribution < -0.4 is 4.74 Å². The summed E-state index contributed by atoms with van der Waals surface area (Å²) in [4.78, 5) is 0. The topological polar surface area (TPSA) is 9.23 Å². The lowest BCUT2D eigenvalue weighted by molar-refractivity contribution is -0.187. The van der Waals surface area contributed by atoms with Gasteiger partial charge >= 0.3 is 6.11 Å². The van der Waals surface area contributed by atoms with E-state index in [1.165, 1.54) is 6.07 Å². The number of hydrogen-bond donors (Lipinski definition) is 0. The SMILES string of the molecule is CC[C@H]1CC[C@H](c2ccc(C(F)(F)Oc3cc(F)c(F)c(F)c3)c(F)c2)CC1. The monoisotopic (exact) mass is 402 g/mol. The van der Waals surface area contributed by atoms with Crippen molar-refractivity contribution in [3.05, 3.63) is 64.7 Å². The molecular weight excluding hydrogens is 382 g/mol. The minimum atomic E-state index is -4.18. The molecule has 1 nitrogen and oxygen atoms in total. The summed E-state index contributed by atoms with van der Waals surface area (Å²) in [6.07, 6.45) is 0.695. The number of halogens is 6. The fraction of sp³-hybridized carbons (Fsp3) is 0.429. The highest BCUT2D eigenvalue weighted by Crippen LogP contribution is 2.39. The molecule has 0 saturated heterocycles. The minimum Gasteiger partial charge on any atom is -0.429 e. The van der Waals surface area contributed by atoms with Crippen LogP contribution in [0.2, 0.25) is 0 Å². The second-order valence-electron chi connectivity index (χ2n) is 7.18. The fourth-order valence-electron chi connectivity index (χ4n) is 3.72. The van der Waals surface area contributed by atoms with Gasteiger partial charge in [0.25, 0.3) is 0 Å². The summed E-state index contributed by atoms with van der Waals surface area (Å²) in [5, 5.41) is 0. The van der Waals surface area contributed by atoms with Crippen LogP contribution in [0.5, 0.6) is 5.75 Å². The second kappa shape index (κ2) is 8.05. The van der Waals surface area contributed by atoms with Crippen molar-refractivity contribution in [1.82, 2.24) is 0 Å². The molecule has 0 heterocycles. The highest BCUT2D eigenvalue weighted by atomic mass is 19.3. The van der Waals surface area contributed by atoms with E-state index >= 15 is 0 Å². The summed E-state index contributed by atoms with van der Waals surface area (Å²) in [5.41, 5.74) is -0.408.